The molecule has 0 unspecified atom stereocenters. The van der Waals surface area contributed by atoms with E-state index in [0.717, 1.165) is 30.4 Å². The maximum atomic E-state index is 13.9. The van der Waals surface area contributed by atoms with Crippen molar-refractivity contribution in [2.75, 3.05) is 11.5 Å². The van der Waals surface area contributed by atoms with Crippen molar-refractivity contribution in [1.82, 2.24) is 5.32 Å². The first-order valence-electron chi connectivity index (χ1n) is 7.49. The van der Waals surface area contributed by atoms with Crippen molar-refractivity contribution < 1.29 is 23.5 Å². The van der Waals surface area contributed by atoms with Crippen LogP contribution in [0.4, 0.5) is 8.78 Å². The highest BCUT2D eigenvalue weighted by Gasteiger charge is 2.24. The molecule has 2 N–H and O–H groups in total. The summed E-state index contributed by atoms with van der Waals surface area (Å²) in [5, 5.41) is 11.6. The number of amides is 1. The van der Waals surface area contributed by atoms with Crippen LogP contribution in [-0.4, -0.2) is 28.5 Å². The number of nitrogens with one attached hydrogen (secondary N) is 1. The first-order chi connectivity index (χ1) is 11.0. The number of rotatable bonds is 6. The van der Waals surface area contributed by atoms with E-state index < -0.39 is 30.1 Å². The Morgan fingerprint density at radius 2 is 2.00 bits per heavy atom. The van der Waals surface area contributed by atoms with Crippen molar-refractivity contribution in [2.45, 2.75) is 31.7 Å². The van der Waals surface area contributed by atoms with Gasteiger partial charge in [-0.3, -0.25) is 9.59 Å². The van der Waals surface area contributed by atoms with Gasteiger partial charge in [0.05, 0.1) is 12.5 Å². The Balaban J connectivity index is 2.05. The van der Waals surface area contributed by atoms with Gasteiger partial charge in [0.15, 0.2) is 0 Å². The Kier molecular flexibility index (Phi) is 6.38. The average molecular weight is 343 g/mol. The number of carbonyl (C=O) groups is 2. The Hall–Kier alpha value is -1.63. The van der Waals surface area contributed by atoms with Gasteiger partial charge in [-0.1, -0.05) is 6.07 Å². The fourth-order valence-electron chi connectivity index (χ4n) is 2.66. The van der Waals surface area contributed by atoms with Gasteiger partial charge >= 0.3 is 5.97 Å². The molecule has 0 saturated carbocycles. The highest BCUT2D eigenvalue weighted by atomic mass is 32.2. The molecule has 1 atom stereocenters. The van der Waals surface area contributed by atoms with E-state index >= 15 is 0 Å². The first kappa shape index (κ1) is 17.7. The van der Waals surface area contributed by atoms with E-state index in [1.165, 1.54) is 6.07 Å². The van der Waals surface area contributed by atoms with Crippen molar-refractivity contribution in [3.8, 4) is 0 Å². The van der Waals surface area contributed by atoms with Gasteiger partial charge in [-0.05, 0) is 36.3 Å². The smallest absolute Gasteiger partial charge is 0.305 e. The number of halogens is 2. The van der Waals surface area contributed by atoms with E-state index in [1.54, 1.807) is 0 Å². The van der Waals surface area contributed by atoms with E-state index in [2.05, 4.69) is 5.32 Å². The second-order valence-corrected chi connectivity index (χ2v) is 6.87. The fraction of sp³-hybridized carbons (Fsp3) is 0.500. The van der Waals surface area contributed by atoms with Gasteiger partial charge < -0.3 is 10.4 Å². The molecule has 1 fully saturated rings. The van der Waals surface area contributed by atoms with Crippen LogP contribution in [0, 0.1) is 17.6 Å². The standard InChI is InChI=1S/C16H19F2NO3S/c17-11-1-2-12(13(18)8-11)14(9-16(21)22)19-15(20)7-10-3-5-23-6-4-10/h1-2,8,10,14H,3-7,9H2,(H,19,20)(H,21,22)/t14-/m0/s1. The zero-order valence-corrected chi connectivity index (χ0v) is 13.4. The van der Waals surface area contributed by atoms with Crippen LogP contribution >= 0.6 is 11.8 Å². The van der Waals surface area contributed by atoms with Crippen molar-refractivity contribution in [3.63, 3.8) is 0 Å². The molecule has 7 heteroatoms. The van der Waals surface area contributed by atoms with Gasteiger partial charge in [-0.15, -0.1) is 0 Å². The van der Waals surface area contributed by atoms with Gasteiger partial charge in [0.2, 0.25) is 5.91 Å². The lowest BCUT2D eigenvalue weighted by atomic mass is 9.97. The molecule has 23 heavy (non-hydrogen) atoms. The van der Waals surface area contributed by atoms with Crippen LogP contribution in [0.25, 0.3) is 0 Å². The fourth-order valence-corrected chi connectivity index (χ4v) is 3.87. The molecule has 1 amide bonds. The molecule has 0 spiro atoms. The highest BCUT2D eigenvalue weighted by Crippen LogP contribution is 2.26. The summed E-state index contributed by atoms with van der Waals surface area (Å²) in [6, 6.07) is 1.92. The largest absolute Gasteiger partial charge is 0.481 e. The molecule has 1 aromatic carbocycles. The van der Waals surface area contributed by atoms with E-state index in [9.17, 15) is 18.4 Å². The van der Waals surface area contributed by atoms with E-state index in [0.29, 0.717) is 12.5 Å². The molecule has 1 aliphatic rings. The minimum Gasteiger partial charge on any atom is -0.481 e. The van der Waals surface area contributed by atoms with E-state index in [4.69, 9.17) is 5.11 Å². The van der Waals surface area contributed by atoms with Gasteiger partial charge in [0, 0.05) is 18.1 Å². The van der Waals surface area contributed by atoms with Crippen LogP contribution in [0.2, 0.25) is 0 Å². The number of hydrogen-bond acceptors (Lipinski definition) is 3. The third kappa shape index (κ3) is 5.49. The zero-order chi connectivity index (χ0) is 16.8. The summed E-state index contributed by atoms with van der Waals surface area (Å²) in [6.07, 6.45) is 1.76. The molecule has 4 nitrogen and oxygen atoms in total. The predicted molar refractivity (Wildman–Crippen MR) is 84.2 cm³/mol. The lowest BCUT2D eigenvalue weighted by Crippen LogP contribution is -2.32. The summed E-state index contributed by atoms with van der Waals surface area (Å²) >= 11 is 1.85. The van der Waals surface area contributed by atoms with Crippen molar-refractivity contribution >= 4 is 23.6 Å². The SMILES string of the molecule is O=C(O)C[C@H](NC(=O)CC1CCSCC1)c1ccc(F)cc1F. The van der Waals surface area contributed by atoms with Crippen molar-refractivity contribution in [3.05, 3.63) is 35.4 Å². The molecule has 0 aromatic heterocycles. The van der Waals surface area contributed by atoms with Gasteiger partial charge in [0.25, 0.3) is 0 Å². The highest BCUT2D eigenvalue weighted by molar-refractivity contribution is 7.99. The molecule has 1 aliphatic heterocycles. The molecule has 0 radical (unpaired) electrons. The third-order valence-electron chi connectivity index (χ3n) is 3.87. The van der Waals surface area contributed by atoms with Gasteiger partial charge in [-0.2, -0.15) is 11.8 Å². The monoisotopic (exact) mass is 343 g/mol. The number of aliphatic carboxylic acids is 1. The molecular formula is C16H19F2NO3S. The topological polar surface area (TPSA) is 66.4 Å². The van der Waals surface area contributed by atoms with Crippen LogP contribution in [0.15, 0.2) is 18.2 Å². The van der Waals surface area contributed by atoms with Crippen LogP contribution in [-0.2, 0) is 9.59 Å². The maximum Gasteiger partial charge on any atom is 0.305 e. The first-order valence-corrected chi connectivity index (χ1v) is 8.65. The molecule has 0 bridgehead atoms. The molecule has 126 valence electrons. The second kappa shape index (κ2) is 8.29. The Labute approximate surface area is 137 Å². The third-order valence-corrected chi connectivity index (χ3v) is 4.92. The lowest BCUT2D eigenvalue weighted by molar-refractivity contribution is -0.137. The lowest BCUT2D eigenvalue weighted by Gasteiger charge is -2.23. The normalized spacial score (nSPS) is 16.8. The van der Waals surface area contributed by atoms with Crippen LogP contribution < -0.4 is 5.32 Å². The van der Waals surface area contributed by atoms with Gasteiger partial charge in [-0.25, -0.2) is 8.78 Å². The summed E-state index contributed by atoms with van der Waals surface area (Å²) in [6.45, 7) is 0. The number of carbonyl (C=O) groups excluding carboxylic acids is 1. The van der Waals surface area contributed by atoms with E-state index in [-0.39, 0.29) is 17.4 Å². The summed E-state index contributed by atoms with van der Waals surface area (Å²) in [4.78, 5) is 23.1. The molecular weight excluding hydrogens is 324 g/mol. The number of hydrogen-bond donors (Lipinski definition) is 2. The second-order valence-electron chi connectivity index (χ2n) is 5.64. The summed E-state index contributed by atoms with van der Waals surface area (Å²) < 4.78 is 26.9. The quantitative estimate of drug-likeness (QED) is 0.833. The zero-order valence-electron chi connectivity index (χ0n) is 12.6. The van der Waals surface area contributed by atoms with Crippen molar-refractivity contribution in [2.24, 2.45) is 5.92 Å². The van der Waals surface area contributed by atoms with Crippen molar-refractivity contribution in [1.29, 1.82) is 0 Å². The number of carboxylic acids is 1. The summed E-state index contributed by atoms with van der Waals surface area (Å²) in [5.41, 5.74) is -0.0126. The van der Waals surface area contributed by atoms with E-state index in [1.807, 2.05) is 11.8 Å². The number of benzene rings is 1. The van der Waals surface area contributed by atoms with Crippen LogP contribution in [0.1, 0.15) is 37.3 Å². The Morgan fingerprint density at radius 1 is 1.30 bits per heavy atom. The maximum absolute atomic E-state index is 13.9. The molecule has 0 aliphatic carbocycles. The number of thioether (sulfide) groups is 1. The molecule has 2 rings (SSSR count). The predicted octanol–water partition coefficient (Wildman–Crippen LogP) is 3.13. The van der Waals surface area contributed by atoms with Crippen LogP contribution in [0.3, 0.4) is 0 Å². The van der Waals surface area contributed by atoms with Gasteiger partial charge in [0.1, 0.15) is 11.6 Å². The molecule has 1 heterocycles. The number of carboxylic acid groups (broad SMARTS) is 1. The Bertz CT molecular complexity index is 576. The summed E-state index contributed by atoms with van der Waals surface area (Å²) in [7, 11) is 0. The van der Waals surface area contributed by atoms with Crippen LogP contribution in [0.5, 0.6) is 0 Å². The average Bonchev–Trinajstić information content (AvgIpc) is 2.47. The molecule has 1 saturated heterocycles. The minimum absolute atomic E-state index is 0.0126. The molecule has 1 aromatic rings. The minimum atomic E-state index is -1.16. The Morgan fingerprint density at radius 3 is 2.61 bits per heavy atom. The summed E-state index contributed by atoms with van der Waals surface area (Å²) in [5.74, 6) is -0.742.